The Morgan fingerprint density at radius 3 is 2.70 bits per heavy atom. The van der Waals surface area contributed by atoms with Crippen LogP contribution in [0.3, 0.4) is 0 Å². The normalized spacial score (nSPS) is 15.9. The van der Waals surface area contributed by atoms with E-state index in [4.69, 9.17) is 10.5 Å². The van der Waals surface area contributed by atoms with Crippen LogP contribution in [-0.2, 0) is 12.8 Å². The summed E-state index contributed by atoms with van der Waals surface area (Å²) in [5.41, 5.74) is 10.0. The average Bonchev–Trinajstić information content (AvgIpc) is 2.98. The van der Waals surface area contributed by atoms with E-state index in [1.165, 1.54) is 16.8 Å². The number of benzene rings is 2. The van der Waals surface area contributed by atoms with Gasteiger partial charge in [-0.3, -0.25) is 4.99 Å². The summed E-state index contributed by atoms with van der Waals surface area (Å²) in [6, 6.07) is 17.2. The highest BCUT2D eigenvalue weighted by atomic mass is 127. The summed E-state index contributed by atoms with van der Waals surface area (Å²) in [4.78, 5) is 6.86. The van der Waals surface area contributed by atoms with Gasteiger partial charge in [0.2, 0.25) is 0 Å². The minimum Gasteiger partial charge on any atom is -0.497 e. The number of aliphatic imine (C=N–C) groups is 1. The second kappa shape index (κ2) is 10.4. The van der Waals surface area contributed by atoms with Crippen molar-refractivity contribution in [1.82, 2.24) is 5.32 Å². The molecule has 2 aromatic rings. The first-order valence-corrected chi connectivity index (χ1v) is 9.18. The summed E-state index contributed by atoms with van der Waals surface area (Å²) in [7, 11) is 1.67. The topological polar surface area (TPSA) is 62.9 Å². The first-order chi connectivity index (χ1) is 12.7. The predicted octanol–water partition coefficient (Wildman–Crippen LogP) is 3.21. The SMILES string of the molecule is COc1ccc(CCN=C(N)NCCN2c3ccccc3CC2C)cc1.I. The Bertz CT molecular complexity index is 748. The summed E-state index contributed by atoms with van der Waals surface area (Å²) in [5, 5.41) is 3.23. The van der Waals surface area contributed by atoms with E-state index in [0.717, 1.165) is 31.7 Å². The van der Waals surface area contributed by atoms with Gasteiger partial charge >= 0.3 is 0 Å². The van der Waals surface area contributed by atoms with Gasteiger partial charge in [0.25, 0.3) is 0 Å². The van der Waals surface area contributed by atoms with E-state index in [1.807, 2.05) is 12.1 Å². The van der Waals surface area contributed by atoms with Crippen LogP contribution in [0.5, 0.6) is 5.75 Å². The van der Waals surface area contributed by atoms with Crippen LogP contribution in [0.4, 0.5) is 5.69 Å². The number of guanidine groups is 1. The molecule has 5 nitrogen and oxygen atoms in total. The Kier molecular flexibility index (Phi) is 8.22. The molecule has 0 aromatic heterocycles. The molecule has 1 aliphatic heterocycles. The van der Waals surface area contributed by atoms with Gasteiger partial charge < -0.3 is 20.7 Å². The molecule has 2 aromatic carbocycles. The third-order valence-corrected chi connectivity index (χ3v) is 4.85. The number of methoxy groups -OCH3 is 1. The lowest BCUT2D eigenvalue weighted by atomic mass is 10.1. The Balaban J connectivity index is 0.00000261. The standard InChI is InChI=1S/C21H28N4O.HI/c1-16-15-18-5-3-4-6-20(18)25(16)14-13-24-21(22)23-12-11-17-7-9-19(26-2)10-8-17;/h3-10,16H,11-15H2,1-2H3,(H3,22,23,24);1H. The van der Waals surface area contributed by atoms with Gasteiger partial charge in [0.05, 0.1) is 7.11 Å². The molecule has 0 saturated heterocycles. The molecule has 146 valence electrons. The van der Waals surface area contributed by atoms with E-state index in [-0.39, 0.29) is 24.0 Å². The van der Waals surface area contributed by atoms with Crippen LogP contribution in [0.15, 0.2) is 53.5 Å². The van der Waals surface area contributed by atoms with Crippen LogP contribution in [0.1, 0.15) is 18.1 Å². The zero-order chi connectivity index (χ0) is 18.4. The van der Waals surface area contributed by atoms with Gasteiger partial charge in [-0.05, 0) is 49.1 Å². The van der Waals surface area contributed by atoms with Crippen molar-refractivity contribution in [3.63, 3.8) is 0 Å². The van der Waals surface area contributed by atoms with Gasteiger partial charge in [0.15, 0.2) is 5.96 Å². The molecular weight excluding hydrogens is 451 g/mol. The maximum absolute atomic E-state index is 6.00. The molecular formula is C21H29IN4O. The van der Waals surface area contributed by atoms with Crippen LogP contribution in [-0.4, -0.2) is 38.7 Å². The van der Waals surface area contributed by atoms with Crippen LogP contribution in [0.2, 0.25) is 0 Å². The molecule has 1 unspecified atom stereocenters. The zero-order valence-corrected chi connectivity index (χ0v) is 18.4. The molecule has 27 heavy (non-hydrogen) atoms. The maximum Gasteiger partial charge on any atom is 0.188 e. The monoisotopic (exact) mass is 480 g/mol. The second-order valence-electron chi connectivity index (χ2n) is 6.67. The fourth-order valence-electron chi connectivity index (χ4n) is 3.43. The van der Waals surface area contributed by atoms with Crippen molar-refractivity contribution in [3.8, 4) is 5.75 Å². The number of nitrogens with two attached hydrogens (primary N) is 1. The van der Waals surface area contributed by atoms with Gasteiger partial charge in [0, 0.05) is 31.4 Å². The minimum absolute atomic E-state index is 0. The van der Waals surface area contributed by atoms with Crippen LogP contribution in [0, 0.1) is 0 Å². The Morgan fingerprint density at radius 2 is 1.96 bits per heavy atom. The van der Waals surface area contributed by atoms with Crippen molar-refractivity contribution in [3.05, 3.63) is 59.7 Å². The average molecular weight is 480 g/mol. The van der Waals surface area contributed by atoms with Crippen molar-refractivity contribution in [2.75, 3.05) is 31.6 Å². The van der Waals surface area contributed by atoms with E-state index in [0.29, 0.717) is 18.5 Å². The number of anilines is 1. The van der Waals surface area contributed by atoms with Crippen molar-refractivity contribution in [2.45, 2.75) is 25.8 Å². The summed E-state index contributed by atoms with van der Waals surface area (Å²) in [6.45, 7) is 4.66. The summed E-state index contributed by atoms with van der Waals surface area (Å²) in [5.74, 6) is 1.38. The van der Waals surface area contributed by atoms with Crippen LogP contribution >= 0.6 is 24.0 Å². The van der Waals surface area contributed by atoms with E-state index >= 15 is 0 Å². The number of hydrogen-bond donors (Lipinski definition) is 2. The molecule has 0 saturated carbocycles. The number of fused-ring (bicyclic) bond motifs is 1. The van der Waals surface area contributed by atoms with E-state index < -0.39 is 0 Å². The first kappa shape index (κ1) is 21.3. The molecule has 0 fully saturated rings. The third-order valence-electron chi connectivity index (χ3n) is 4.85. The number of halogens is 1. The predicted molar refractivity (Wildman–Crippen MR) is 124 cm³/mol. The smallest absolute Gasteiger partial charge is 0.188 e. The summed E-state index contributed by atoms with van der Waals surface area (Å²) >= 11 is 0. The minimum atomic E-state index is 0. The van der Waals surface area contributed by atoms with Gasteiger partial charge in [-0.25, -0.2) is 0 Å². The third kappa shape index (κ3) is 5.76. The fourth-order valence-corrected chi connectivity index (χ4v) is 3.43. The Labute approximate surface area is 179 Å². The Hall–Kier alpha value is -1.96. The largest absolute Gasteiger partial charge is 0.497 e. The molecule has 0 aliphatic carbocycles. The summed E-state index contributed by atoms with van der Waals surface area (Å²) < 4.78 is 5.17. The molecule has 1 atom stereocenters. The van der Waals surface area contributed by atoms with Crippen molar-refractivity contribution in [1.29, 1.82) is 0 Å². The molecule has 0 radical (unpaired) electrons. The van der Waals surface area contributed by atoms with Crippen LogP contribution in [0.25, 0.3) is 0 Å². The highest BCUT2D eigenvalue weighted by molar-refractivity contribution is 14.0. The van der Waals surface area contributed by atoms with Crippen molar-refractivity contribution in [2.24, 2.45) is 10.7 Å². The molecule has 1 heterocycles. The lowest BCUT2D eigenvalue weighted by Gasteiger charge is -2.25. The van der Waals surface area contributed by atoms with E-state index in [9.17, 15) is 0 Å². The lowest BCUT2D eigenvalue weighted by molar-refractivity contribution is 0.414. The molecule has 3 N–H and O–H groups in total. The molecule has 0 spiro atoms. The molecule has 1 aliphatic rings. The van der Waals surface area contributed by atoms with E-state index in [2.05, 4.69) is 58.5 Å². The zero-order valence-electron chi connectivity index (χ0n) is 16.0. The number of rotatable bonds is 7. The molecule has 0 bridgehead atoms. The number of hydrogen-bond acceptors (Lipinski definition) is 3. The van der Waals surface area contributed by atoms with Gasteiger partial charge in [-0.1, -0.05) is 30.3 Å². The molecule has 3 rings (SSSR count). The van der Waals surface area contributed by atoms with Crippen molar-refractivity contribution < 1.29 is 4.74 Å². The molecule has 6 heteroatoms. The van der Waals surface area contributed by atoms with Gasteiger partial charge in [0.1, 0.15) is 5.75 Å². The van der Waals surface area contributed by atoms with Crippen molar-refractivity contribution >= 4 is 35.6 Å². The van der Waals surface area contributed by atoms with Gasteiger partial charge in [-0.15, -0.1) is 24.0 Å². The Morgan fingerprint density at radius 1 is 1.22 bits per heavy atom. The first-order valence-electron chi connectivity index (χ1n) is 9.18. The number of ether oxygens (including phenoxy) is 1. The number of para-hydroxylation sites is 1. The highest BCUT2D eigenvalue weighted by Gasteiger charge is 2.24. The van der Waals surface area contributed by atoms with E-state index in [1.54, 1.807) is 7.11 Å². The highest BCUT2D eigenvalue weighted by Crippen LogP contribution is 2.31. The summed E-state index contributed by atoms with van der Waals surface area (Å²) in [6.07, 6.45) is 1.98. The quantitative estimate of drug-likeness (QED) is 0.363. The number of nitrogens with one attached hydrogen (secondary N) is 1. The number of nitrogens with zero attached hydrogens (tertiary/aromatic N) is 2. The maximum atomic E-state index is 6.00. The second-order valence-corrected chi connectivity index (χ2v) is 6.67. The van der Waals surface area contributed by atoms with Gasteiger partial charge in [-0.2, -0.15) is 0 Å². The van der Waals surface area contributed by atoms with Crippen LogP contribution < -0.4 is 20.7 Å². The molecule has 0 amide bonds. The fraction of sp³-hybridized carbons (Fsp3) is 0.381. The lowest BCUT2D eigenvalue weighted by Crippen LogP contribution is -2.40.